The number of fused-ring (bicyclic) bond motifs is 1. The van der Waals surface area contributed by atoms with E-state index in [0.717, 1.165) is 4.90 Å². The van der Waals surface area contributed by atoms with Crippen molar-refractivity contribution in [3.63, 3.8) is 0 Å². The van der Waals surface area contributed by atoms with E-state index in [4.69, 9.17) is 0 Å². The number of likely N-dealkylation sites (tertiary alicyclic amines) is 1. The number of hydrogen-bond donors (Lipinski definition) is 3. The van der Waals surface area contributed by atoms with Gasteiger partial charge in [-0.25, -0.2) is 0 Å². The number of aliphatic hydroxyl groups excluding tert-OH is 2. The van der Waals surface area contributed by atoms with Gasteiger partial charge >= 0.3 is 0 Å². The molecule has 3 N–H and O–H groups in total. The third-order valence-corrected chi connectivity index (χ3v) is 4.81. The van der Waals surface area contributed by atoms with Crippen LogP contribution in [0, 0.1) is 11.8 Å². The number of amides is 2. The smallest absolute Gasteiger partial charge is 0.238 e. The second-order valence-corrected chi connectivity index (χ2v) is 6.17. The average Bonchev–Trinajstić information content (AvgIpc) is 2.64. The highest BCUT2D eigenvalue weighted by atomic mass is 79.9. The lowest BCUT2D eigenvalue weighted by Gasteiger charge is -2.36. The van der Waals surface area contributed by atoms with Crippen LogP contribution in [0.5, 0.6) is 0 Å². The molecule has 1 aliphatic carbocycles. The van der Waals surface area contributed by atoms with Gasteiger partial charge in [0.15, 0.2) is 0 Å². The Morgan fingerprint density at radius 2 is 2.00 bits per heavy atom. The average molecular weight is 343 g/mol. The van der Waals surface area contributed by atoms with Crippen LogP contribution in [0.4, 0.5) is 0 Å². The molecule has 2 aliphatic heterocycles. The molecule has 3 aliphatic rings. The summed E-state index contributed by atoms with van der Waals surface area (Å²) in [5.74, 6) is -1.61. The Morgan fingerprint density at radius 3 is 2.65 bits per heavy atom. The number of nitrogens with zero attached hydrogens (tertiary/aromatic N) is 1. The van der Waals surface area contributed by atoms with E-state index in [0.29, 0.717) is 17.3 Å². The summed E-state index contributed by atoms with van der Waals surface area (Å²) in [6.45, 7) is 0. The Hall–Kier alpha value is -1.02. The number of piperidine rings is 1. The third-order valence-electron chi connectivity index (χ3n) is 4.05. The number of aliphatic hydroxyl groups is 2. The largest absolute Gasteiger partial charge is 0.379 e. The van der Waals surface area contributed by atoms with Gasteiger partial charge in [0.2, 0.25) is 11.8 Å². The second kappa shape index (κ2) is 5.07. The van der Waals surface area contributed by atoms with Crippen molar-refractivity contribution in [1.29, 1.82) is 0 Å². The predicted molar refractivity (Wildman–Crippen MR) is 73.2 cm³/mol. The number of imide groups is 1. The van der Waals surface area contributed by atoms with Crippen LogP contribution in [0.25, 0.3) is 0 Å². The van der Waals surface area contributed by atoms with Gasteiger partial charge in [-0.2, -0.15) is 0 Å². The molecule has 0 radical (unpaired) electrons. The maximum Gasteiger partial charge on any atom is 0.238 e. The van der Waals surface area contributed by atoms with Gasteiger partial charge < -0.3 is 10.2 Å². The van der Waals surface area contributed by atoms with Gasteiger partial charge in [-0.1, -0.05) is 34.2 Å². The highest BCUT2D eigenvalue weighted by Crippen LogP contribution is 2.40. The van der Waals surface area contributed by atoms with Crippen molar-refractivity contribution in [3.05, 3.63) is 22.7 Å². The maximum atomic E-state index is 12.5. The molecule has 2 fully saturated rings. The first-order valence-corrected chi connectivity index (χ1v) is 7.33. The van der Waals surface area contributed by atoms with E-state index in [1.54, 1.807) is 18.2 Å². The van der Waals surface area contributed by atoms with Crippen molar-refractivity contribution in [2.45, 2.75) is 31.3 Å². The molecule has 6 nitrogen and oxygen atoms in total. The highest BCUT2D eigenvalue weighted by Gasteiger charge is 2.52. The normalized spacial score (nSPS) is 40.9. The Bertz CT molecular complexity index is 519. The topological polar surface area (TPSA) is 89.9 Å². The minimum absolute atomic E-state index is 0.288. The van der Waals surface area contributed by atoms with E-state index in [2.05, 4.69) is 21.2 Å². The van der Waals surface area contributed by atoms with Gasteiger partial charge in [0, 0.05) is 4.48 Å². The van der Waals surface area contributed by atoms with Gasteiger partial charge in [-0.15, -0.1) is 0 Å². The first-order chi connectivity index (χ1) is 9.50. The first kappa shape index (κ1) is 13.9. The molecule has 3 rings (SSSR count). The van der Waals surface area contributed by atoms with Crippen molar-refractivity contribution in [3.8, 4) is 0 Å². The van der Waals surface area contributed by atoms with Crippen LogP contribution in [0.15, 0.2) is 22.7 Å². The summed E-state index contributed by atoms with van der Waals surface area (Å²) in [6, 6.07) is -0.627. The SMILES string of the molecule is O=C1C2C=CC=C(Br)C2C(=O)N1C1CCC(O)NC1O. The van der Waals surface area contributed by atoms with Crippen molar-refractivity contribution in [1.82, 2.24) is 10.2 Å². The molecule has 0 bridgehead atoms. The molecule has 108 valence electrons. The number of hydrogen-bond acceptors (Lipinski definition) is 5. The molecule has 0 aromatic carbocycles. The van der Waals surface area contributed by atoms with Crippen LogP contribution in [-0.2, 0) is 9.59 Å². The highest BCUT2D eigenvalue weighted by molar-refractivity contribution is 9.11. The predicted octanol–water partition coefficient (Wildman–Crippen LogP) is -0.175. The fraction of sp³-hybridized carbons (Fsp3) is 0.538. The Morgan fingerprint density at radius 1 is 1.25 bits per heavy atom. The minimum Gasteiger partial charge on any atom is -0.379 e. The summed E-state index contributed by atoms with van der Waals surface area (Å²) in [4.78, 5) is 26.1. The van der Waals surface area contributed by atoms with Gasteiger partial charge in [-0.3, -0.25) is 19.8 Å². The summed E-state index contributed by atoms with van der Waals surface area (Å²) >= 11 is 3.33. The van der Waals surface area contributed by atoms with E-state index in [1.165, 1.54) is 0 Å². The minimum atomic E-state index is -1.10. The summed E-state index contributed by atoms with van der Waals surface area (Å²) < 4.78 is 0.684. The fourth-order valence-corrected chi connectivity index (χ4v) is 3.68. The van der Waals surface area contributed by atoms with E-state index < -0.39 is 30.3 Å². The molecule has 2 amide bonds. The quantitative estimate of drug-likeness (QED) is 0.575. The van der Waals surface area contributed by atoms with Gasteiger partial charge in [0.25, 0.3) is 0 Å². The molecule has 2 saturated heterocycles. The lowest BCUT2D eigenvalue weighted by Crippen LogP contribution is -2.58. The molecule has 2 heterocycles. The second-order valence-electron chi connectivity index (χ2n) is 5.26. The summed E-state index contributed by atoms with van der Waals surface area (Å²) in [5, 5.41) is 22.0. The van der Waals surface area contributed by atoms with Crippen molar-refractivity contribution >= 4 is 27.7 Å². The Kier molecular flexibility index (Phi) is 3.53. The lowest BCUT2D eigenvalue weighted by molar-refractivity contribution is -0.149. The standard InChI is InChI=1S/C13H15BrN2O4/c14-7-3-1-2-6-10(7)13(20)16(12(6)19)8-4-5-9(17)15-11(8)18/h1-3,6,8-11,15,17-18H,4-5H2. The molecular weight excluding hydrogens is 328 g/mol. The molecule has 5 atom stereocenters. The van der Waals surface area contributed by atoms with Gasteiger partial charge in [0.05, 0.1) is 17.9 Å². The fourth-order valence-electron chi connectivity index (χ4n) is 3.04. The van der Waals surface area contributed by atoms with Crippen molar-refractivity contribution in [2.75, 3.05) is 0 Å². The Balaban J connectivity index is 1.88. The monoisotopic (exact) mass is 342 g/mol. The summed E-state index contributed by atoms with van der Waals surface area (Å²) in [7, 11) is 0. The zero-order valence-corrected chi connectivity index (χ0v) is 12.2. The zero-order chi connectivity index (χ0) is 14.4. The van der Waals surface area contributed by atoms with E-state index in [1.807, 2.05) is 0 Å². The lowest BCUT2D eigenvalue weighted by atomic mass is 9.91. The van der Waals surface area contributed by atoms with Crippen LogP contribution in [-0.4, -0.2) is 45.4 Å². The number of carbonyl (C=O) groups excluding carboxylic acids is 2. The van der Waals surface area contributed by atoms with Crippen LogP contribution >= 0.6 is 15.9 Å². The number of allylic oxidation sites excluding steroid dienone is 2. The van der Waals surface area contributed by atoms with Gasteiger partial charge in [0.1, 0.15) is 12.5 Å². The number of carbonyl (C=O) groups is 2. The van der Waals surface area contributed by atoms with Crippen molar-refractivity contribution in [2.24, 2.45) is 11.8 Å². The molecule has 0 aromatic heterocycles. The van der Waals surface area contributed by atoms with E-state index >= 15 is 0 Å². The molecule has 0 spiro atoms. The first-order valence-electron chi connectivity index (χ1n) is 6.53. The summed E-state index contributed by atoms with van der Waals surface area (Å²) in [6.07, 6.45) is 4.10. The van der Waals surface area contributed by atoms with Crippen LogP contribution in [0.1, 0.15) is 12.8 Å². The molecule has 0 aromatic rings. The van der Waals surface area contributed by atoms with Crippen molar-refractivity contribution < 1.29 is 19.8 Å². The third kappa shape index (κ3) is 2.05. The van der Waals surface area contributed by atoms with Crippen LogP contribution in [0.2, 0.25) is 0 Å². The molecule has 5 unspecified atom stereocenters. The number of nitrogens with one attached hydrogen (secondary N) is 1. The zero-order valence-electron chi connectivity index (χ0n) is 10.6. The Labute approximate surface area is 124 Å². The van der Waals surface area contributed by atoms with E-state index in [-0.39, 0.29) is 11.8 Å². The molecular formula is C13H15BrN2O4. The van der Waals surface area contributed by atoms with Gasteiger partial charge in [-0.05, 0) is 12.8 Å². The van der Waals surface area contributed by atoms with Crippen LogP contribution < -0.4 is 5.32 Å². The molecule has 0 saturated carbocycles. The number of halogens is 1. The maximum absolute atomic E-state index is 12.5. The van der Waals surface area contributed by atoms with Crippen LogP contribution in [0.3, 0.4) is 0 Å². The van der Waals surface area contributed by atoms with E-state index in [9.17, 15) is 19.8 Å². The molecule has 7 heteroatoms. The molecule has 20 heavy (non-hydrogen) atoms. The summed E-state index contributed by atoms with van der Waals surface area (Å²) in [5.41, 5.74) is 0. The number of rotatable bonds is 1.